The number of nitriles is 1. The van der Waals surface area contributed by atoms with Crippen molar-refractivity contribution >= 4 is 6.29 Å². The highest BCUT2D eigenvalue weighted by molar-refractivity contribution is 5.78. The zero-order valence-corrected chi connectivity index (χ0v) is 11.6. The molecule has 0 saturated carbocycles. The van der Waals surface area contributed by atoms with Crippen LogP contribution in [0, 0.1) is 11.3 Å². The van der Waals surface area contributed by atoms with E-state index in [1.807, 2.05) is 20.8 Å². The highest BCUT2D eigenvalue weighted by atomic mass is 16.7. The Morgan fingerprint density at radius 2 is 1.78 bits per heavy atom. The van der Waals surface area contributed by atoms with Crippen LogP contribution in [0.3, 0.4) is 0 Å². The van der Waals surface area contributed by atoms with E-state index >= 15 is 0 Å². The lowest BCUT2D eigenvalue weighted by atomic mass is 10.4. The Labute approximate surface area is 110 Å². The van der Waals surface area contributed by atoms with Gasteiger partial charge in [-0.1, -0.05) is 0 Å². The van der Waals surface area contributed by atoms with Gasteiger partial charge in [-0.2, -0.15) is 5.26 Å². The molecule has 18 heavy (non-hydrogen) atoms. The topological polar surface area (TPSA) is 68.6 Å². The lowest BCUT2D eigenvalue weighted by molar-refractivity contribution is -0.123. The molecule has 104 valence electrons. The molecule has 0 saturated heterocycles. The van der Waals surface area contributed by atoms with Crippen molar-refractivity contribution in [3.05, 3.63) is 25.0 Å². The predicted octanol–water partition coefficient (Wildman–Crippen LogP) is 2.45. The zero-order chi connectivity index (χ0) is 14.8. The first-order chi connectivity index (χ1) is 8.65. The Kier molecular flexibility index (Phi) is 24.9. The van der Waals surface area contributed by atoms with Crippen molar-refractivity contribution in [2.45, 2.75) is 27.1 Å². The summed E-state index contributed by atoms with van der Waals surface area (Å²) in [5.41, 5.74) is -0.00694. The second-order valence-electron chi connectivity index (χ2n) is 2.52. The van der Waals surface area contributed by atoms with Crippen LogP contribution in [0.5, 0.6) is 0 Å². The van der Waals surface area contributed by atoms with Gasteiger partial charge in [-0.15, -0.1) is 13.2 Å². The van der Waals surface area contributed by atoms with Crippen LogP contribution in [0.25, 0.3) is 0 Å². The molecule has 0 N–H and O–H groups in total. The monoisotopic (exact) mass is 257 g/mol. The lowest BCUT2D eigenvalue weighted by Gasteiger charge is -2.09. The van der Waals surface area contributed by atoms with Gasteiger partial charge >= 0.3 is 0 Å². The van der Waals surface area contributed by atoms with Gasteiger partial charge in [-0.3, -0.25) is 4.79 Å². The maximum Gasteiger partial charge on any atom is 0.163 e. The molecule has 5 nitrogen and oxygen atoms in total. The predicted molar refractivity (Wildman–Crippen MR) is 70.7 cm³/mol. The fourth-order valence-electron chi connectivity index (χ4n) is 0.725. The van der Waals surface area contributed by atoms with Crippen LogP contribution in [0.1, 0.15) is 20.8 Å². The van der Waals surface area contributed by atoms with E-state index in [2.05, 4.69) is 17.9 Å². The Morgan fingerprint density at radius 3 is 1.94 bits per heavy atom. The fraction of sp³-hybridized carbons (Fsp3) is 0.538. The van der Waals surface area contributed by atoms with Crippen molar-refractivity contribution in [3.8, 4) is 6.07 Å². The number of carbonyl (C=O) groups is 1. The molecule has 0 aromatic heterocycles. The van der Waals surface area contributed by atoms with Gasteiger partial charge in [0, 0.05) is 13.2 Å². The Hall–Kier alpha value is -1.64. The number of allylic oxidation sites excluding steroid dienone is 1. The molecule has 0 radical (unpaired) electrons. The molecule has 0 aliphatic heterocycles. The summed E-state index contributed by atoms with van der Waals surface area (Å²) in [7, 11) is 1.38. The maximum atomic E-state index is 9.76. The van der Waals surface area contributed by atoms with Crippen molar-refractivity contribution in [3.63, 3.8) is 0 Å². The van der Waals surface area contributed by atoms with E-state index in [1.54, 1.807) is 6.07 Å². The van der Waals surface area contributed by atoms with Crippen molar-refractivity contribution in [1.29, 1.82) is 5.26 Å². The van der Waals surface area contributed by atoms with E-state index in [0.717, 1.165) is 19.5 Å². The molecule has 0 aliphatic rings. The SMILES string of the molecule is C=C.CCOC(C)OCC.CO/C=C(\C#N)C=O. The molecule has 0 aromatic rings. The minimum Gasteiger partial charge on any atom is -0.503 e. The van der Waals surface area contributed by atoms with Gasteiger partial charge < -0.3 is 14.2 Å². The molecule has 0 atom stereocenters. The average Bonchev–Trinajstić information content (AvgIpc) is 2.40. The fourth-order valence-corrected chi connectivity index (χ4v) is 0.725. The van der Waals surface area contributed by atoms with Gasteiger partial charge in [0.15, 0.2) is 12.6 Å². The standard InChI is InChI=1S/C6H14O2.C5H5NO2.C2H4/c1-4-7-6(3)8-5-2;1-8-4-5(2-6)3-7;1-2/h6H,4-5H2,1-3H3;3-4H,1H3;1-2H2/b;5-4+;. The quantitative estimate of drug-likeness (QED) is 0.182. The van der Waals surface area contributed by atoms with E-state index < -0.39 is 0 Å². The highest BCUT2D eigenvalue weighted by Gasteiger charge is 1.94. The molecule has 0 spiro atoms. The normalized spacial score (nSPS) is 9.22. The number of carbonyl (C=O) groups excluding carboxylic acids is 1. The van der Waals surface area contributed by atoms with E-state index in [0.29, 0.717) is 6.29 Å². The maximum absolute atomic E-state index is 9.76. The van der Waals surface area contributed by atoms with Crippen LogP contribution in [0.2, 0.25) is 0 Å². The third kappa shape index (κ3) is 19.9. The Balaban J connectivity index is -0.000000219. The number of aldehydes is 1. The zero-order valence-electron chi connectivity index (χ0n) is 11.6. The van der Waals surface area contributed by atoms with Crippen LogP contribution in [0.15, 0.2) is 25.0 Å². The summed E-state index contributed by atoms with van der Waals surface area (Å²) in [4.78, 5) is 9.76. The summed E-state index contributed by atoms with van der Waals surface area (Å²) < 4.78 is 14.5. The second-order valence-corrected chi connectivity index (χ2v) is 2.52. The summed E-state index contributed by atoms with van der Waals surface area (Å²) in [6.07, 6.45) is 1.49. The molecule has 0 bridgehead atoms. The molecule has 0 fully saturated rings. The third-order valence-corrected chi connectivity index (χ3v) is 1.30. The van der Waals surface area contributed by atoms with Crippen LogP contribution < -0.4 is 0 Å². The van der Waals surface area contributed by atoms with E-state index in [-0.39, 0.29) is 11.9 Å². The number of ether oxygens (including phenoxy) is 3. The molecule has 0 aliphatic carbocycles. The average molecular weight is 257 g/mol. The Bertz CT molecular complexity index is 240. The van der Waals surface area contributed by atoms with Gasteiger partial charge in [0.25, 0.3) is 0 Å². The first-order valence-corrected chi connectivity index (χ1v) is 5.47. The number of hydrogen-bond acceptors (Lipinski definition) is 5. The number of hydrogen-bond donors (Lipinski definition) is 0. The van der Waals surface area contributed by atoms with Crippen LogP contribution in [-0.2, 0) is 19.0 Å². The number of nitrogens with zero attached hydrogens (tertiary/aromatic N) is 1. The number of rotatable bonds is 6. The summed E-state index contributed by atoms with van der Waals surface area (Å²) in [5.74, 6) is 0. The molecular formula is C13H23NO4. The van der Waals surface area contributed by atoms with Crippen LogP contribution in [-0.4, -0.2) is 32.9 Å². The molecule has 0 amide bonds. The molecule has 0 heterocycles. The molecule has 0 unspecified atom stereocenters. The van der Waals surface area contributed by atoms with E-state index in [1.165, 1.54) is 7.11 Å². The smallest absolute Gasteiger partial charge is 0.163 e. The van der Waals surface area contributed by atoms with Crippen molar-refractivity contribution in [2.75, 3.05) is 20.3 Å². The van der Waals surface area contributed by atoms with Gasteiger partial charge in [-0.05, 0) is 20.8 Å². The van der Waals surface area contributed by atoms with Gasteiger partial charge in [-0.25, -0.2) is 0 Å². The summed E-state index contributed by atoms with van der Waals surface area (Å²) >= 11 is 0. The Morgan fingerprint density at radius 1 is 1.33 bits per heavy atom. The van der Waals surface area contributed by atoms with Gasteiger partial charge in [0.1, 0.15) is 17.9 Å². The summed E-state index contributed by atoms with van der Waals surface area (Å²) in [6.45, 7) is 13.3. The largest absolute Gasteiger partial charge is 0.503 e. The van der Waals surface area contributed by atoms with Gasteiger partial charge in [0.05, 0.1) is 7.11 Å². The van der Waals surface area contributed by atoms with Crippen LogP contribution >= 0.6 is 0 Å². The number of methoxy groups -OCH3 is 1. The van der Waals surface area contributed by atoms with E-state index in [9.17, 15) is 4.79 Å². The summed E-state index contributed by atoms with van der Waals surface area (Å²) in [5, 5.41) is 8.03. The highest BCUT2D eigenvalue weighted by Crippen LogP contribution is 1.90. The van der Waals surface area contributed by atoms with Gasteiger partial charge in [0.2, 0.25) is 0 Å². The van der Waals surface area contributed by atoms with Crippen molar-refractivity contribution < 1.29 is 19.0 Å². The first-order valence-electron chi connectivity index (χ1n) is 5.47. The minimum atomic E-state index is -0.0370. The summed E-state index contributed by atoms with van der Waals surface area (Å²) in [6, 6.07) is 1.62. The second kappa shape index (κ2) is 20.7. The first kappa shape index (κ1) is 21.6. The molecular weight excluding hydrogens is 234 g/mol. The van der Waals surface area contributed by atoms with Crippen molar-refractivity contribution in [2.24, 2.45) is 0 Å². The van der Waals surface area contributed by atoms with Crippen molar-refractivity contribution in [1.82, 2.24) is 0 Å². The molecule has 0 aromatic carbocycles. The van der Waals surface area contributed by atoms with E-state index in [4.69, 9.17) is 14.7 Å². The molecule has 5 heteroatoms. The minimum absolute atomic E-state index is 0.00694. The molecule has 0 rings (SSSR count). The lowest BCUT2D eigenvalue weighted by Crippen LogP contribution is -2.11. The third-order valence-electron chi connectivity index (χ3n) is 1.30. The van der Waals surface area contributed by atoms with Crippen LogP contribution in [0.4, 0.5) is 0 Å².